The summed E-state index contributed by atoms with van der Waals surface area (Å²) in [7, 11) is 0. The quantitative estimate of drug-likeness (QED) is 0.571. The third kappa shape index (κ3) is 5.02. The Bertz CT molecular complexity index is 665. The van der Waals surface area contributed by atoms with Gasteiger partial charge in [-0.25, -0.2) is 0 Å². The van der Waals surface area contributed by atoms with Crippen LogP contribution in [0.3, 0.4) is 0 Å². The smallest absolute Gasteiger partial charge is 0.387 e. The Balaban J connectivity index is 2.20. The van der Waals surface area contributed by atoms with Crippen molar-refractivity contribution in [3.8, 4) is 5.75 Å². The molecular weight excluding hydrogens is 378 g/mol. The lowest BCUT2D eigenvalue weighted by Crippen LogP contribution is -2.11. The van der Waals surface area contributed by atoms with E-state index in [0.717, 1.165) is 27.6 Å². The first kappa shape index (κ1) is 18.9. The first-order valence-corrected chi connectivity index (χ1v) is 8.60. The van der Waals surface area contributed by atoms with Gasteiger partial charge in [-0.1, -0.05) is 34.7 Å². The summed E-state index contributed by atoms with van der Waals surface area (Å²) in [6.45, 7) is 6.41. The minimum absolute atomic E-state index is 0.185. The third-order valence-electron chi connectivity index (χ3n) is 3.81. The van der Waals surface area contributed by atoms with Gasteiger partial charge in [0.25, 0.3) is 0 Å². The van der Waals surface area contributed by atoms with Gasteiger partial charge in [-0.3, -0.25) is 0 Å². The molecule has 0 fully saturated rings. The zero-order chi connectivity index (χ0) is 17.7. The van der Waals surface area contributed by atoms with E-state index in [1.807, 2.05) is 19.1 Å². The van der Waals surface area contributed by atoms with Gasteiger partial charge in [0.1, 0.15) is 5.75 Å². The molecule has 0 heterocycles. The number of ether oxygens (including phenoxy) is 2. The maximum Gasteiger partial charge on any atom is 0.387 e. The van der Waals surface area contributed by atoms with Crippen LogP contribution in [0.25, 0.3) is 5.57 Å². The van der Waals surface area contributed by atoms with Crippen molar-refractivity contribution in [2.24, 2.45) is 5.92 Å². The predicted molar refractivity (Wildman–Crippen MR) is 96.5 cm³/mol. The summed E-state index contributed by atoms with van der Waals surface area (Å²) < 4.78 is 35.8. The fourth-order valence-electron chi connectivity index (χ4n) is 2.64. The van der Waals surface area contributed by atoms with Crippen molar-refractivity contribution in [2.75, 3.05) is 13.2 Å². The van der Waals surface area contributed by atoms with Gasteiger partial charge < -0.3 is 9.47 Å². The van der Waals surface area contributed by atoms with E-state index in [0.29, 0.717) is 24.7 Å². The van der Waals surface area contributed by atoms with Gasteiger partial charge in [0.2, 0.25) is 0 Å². The highest BCUT2D eigenvalue weighted by atomic mass is 79.9. The Morgan fingerprint density at radius 2 is 2.17 bits per heavy atom. The molecule has 24 heavy (non-hydrogen) atoms. The SMILES string of the molecule is C=C(C1=CC(COCC)CC(Br)=C1)c1ccc(OC(F)F)c(C)c1. The molecule has 1 aromatic carbocycles. The second-order valence-electron chi connectivity index (χ2n) is 5.67. The number of allylic oxidation sites excluding steroid dienone is 4. The molecule has 130 valence electrons. The summed E-state index contributed by atoms with van der Waals surface area (Å²) >= 11 is 3.58. The van der Waals surface area contributed by atoms with Crippen molar-refractivity contribution in [3.63, 3.8) is 0 Å². The van der Waals surface area contributed by atoms with Gasteiger partial charge in [0.05, 0.1) is 6.61 Å². The van der Waals surface area contributed by atoms with Crippen LogP contribution in [0.5, 0.6) is 5.75 Å². The van der Waals surface area contributed by atoms with E-state index in [2.05, 4.69) is 33.3 Å². The van der Waals surface area contributed by atoms with E-state index in [1.165, 1.54) is 0 Å². The maximum atomic E-state index is 12.4. The van der Waals surface area contributed by atoms with Gasteiger partial charge in [-0.05, 0) is 65.2 Å². The van der Waals surface area contributed by atoms with Crippen LogP contribution < -0.4 is 4.74 Å². The normalized spacial score (nSPS) is 17.5. The third-order valence-corrected chi connectivity index (χ3v) is 4.36. The van der Waals surface area contributed by atoms with Crippen LogP contribution in [0.4, 0.5) is 8.78 Å². The highest BCUT2D eigenvalue weighted by Crippen LogP contribution is 2.34. The van der Waals surface area contributed by atoms with Crippen molar-refractivity contribution in [3.05, 3.63) is 58.1 Å². The van der Waals surface area contributed by atoms with E-state index in [4.69, 9.17) is 4.74 Å². The molecule has 1 unspecified atom stereocenters. The predicted octanol–water partition coefficient (Wildman–Crippen LogP) is 5.87. The molecule has 2 rings (SSSR count). The summed E-state index contributed by atoms with van der Waals surface area (Å²) in [5.41, 5.74) is 3.40. The zero-order valence-corrected chi connectivity index (χ0v) is 15.4. The number of halogens is 3. The van der Waals surface area contributed by atoms with Gasteiger partial charge in [0, 0.05) is 12.5 Å². The van der Waals surface area contributed by atoms with Crippen LogP contribution >= 0.6 is 15.9 Å². The Labute approximate surface area is 150 Å². The van der Waals surface area contributed by atoms with Gasteiger partial charge in [-0.2, -0.15) is 8.78 Å². The molecule has 1 atom stereocenters. The van der Waals surface area contributed by atoms with Crippen LogP contribution in [0.2, 0.25) is 0 Å². The average molecular weight is 399 g/mol. The molecule has 0 N–H and O–H groups in total. The van der Waals surface area contributed by atoms with Crippen LogP contribution in [0.15, 0.2) is 47.0 Å². The fraction of sp³-hybridized carbons (Fsp3) is 0.368. The molecule has 0 aliphatic heterocycles. The number of hydrogen-bond acceptors (Lipinski definition) is 2. The van der Waals surface area contributed by atoms with Gasteiger partial charge >= 0.3 is 6.61 Å². The highest BCUT2D eigenvalue weighted by molar-refractivity contribution is 9.11. The van der Waals surface area contributed by atoms with Crippen LogP contribution in [0.1, 0.15) is 24.5 Å². The van der Waals surface area contributed by atoms with E-state index >= 15 is 0 Å². The van der Waals surface area contributed by atoms with E-state index in [-0.39, 0.29) is 5.75 Å². The Morgan fingerprint density at radius 1 is 1.42 bits per heavy atom. The largest absolute Gasteiger partial charge is 0.435 e. The lowest BCUT2D eigenvalue weighted by atomic mass is 9.90. The maximum absolute atomic E-state index is 12.4. The van der Waals surface area contributed by atoms with Crippen molar-refractivity contribution in [1.82, 2.24) is 0 Å². The van der Waals surface area contributed by atoms with Crippen LogP contribution in [-0.2, 0) is 4.74 Å². The molecule has 1 aliphatic carbocycles. The molecule has 5 heteroatoms. The number of alkyl halides is 2. The van der Waals surface area contributed by atoms with Crippen molar-refractivity contribution in [1.29, 1.82) is 0 Å². The number of benzene rings is 1. The molecule has 0 aromatic heterocycles. The molecule has 0 amide bonds. The molecule has 1 aromatic rings. The van der Waals surface area contributed by atoms with Gasteiger partial charge in [-0.15, -0.1) is 0 Å². The first-order valence-electron chi connectivity index (χ1n) is 7.81. The minimum atomic E-state index is -2.82. The summed E-state index contributed by atoms with van der Waals surface area (Å²) in [4.78, 5) is 0. The van der Waals surface area contributed by atoms with Crippen molar-refractivity contribution < 1.29 is 18.3 Å². The fourth-order valence-corrected chi connectivity index (χ4v) is 3.30. The van der Waals surface area contributed by atoms with Gasteiger partial charge in [0.15, 0.2) is 0 Å². The molecule has 0 saturated carbocycles. The number of aryl methyl sites for hydroxylation is 1. The second-order valence-corrected chi connectivity index (χ2v) is 6.69. The Hall–Kier alpha value is -1.46. The highest BCUT2D eigenvalue weighted by Gasteiger charge is 2.17. The standard InChI is InChI=1S/C19H21BrF2O2/c1-4-23-11-14-8-16(10-17(20)9-14)13(3)15-5-6-18(12(2)7-15)24-19(21)22/h5-8,10,14,19H,3-4,9,11H2,1-2H3. The minimum Gasteiger partial charge on any atom is -0.435 e. The molecule has 0 saturated heterocycles. The van der Waals surface area contributed by atoms with E-state index in [1.54, 1.807) is 19.1 Å². The molecule has 1 aliphatic rings. The topological polar surface area (TPSA) is 18.5 Å². The molecule has 2 nitrogen and oxygen atoms in total. The van der Waals surface area contributed by atoms with Crippen molar-refractivity contribution >= 4 is 21.5 Å². The monoisotopic (exact) mass is 398 g/mol. The van der Waals surface area contributed by atoms with Crippen molar-refractivity contribution in [2.45, 2.75) is 26.9 Å². The summed E-state index contributed by atoms with van der Waals surface area (Å²) in [6.07, 6.45) is 5.10. The molecule has 0 radical (unpaired) electrons. The zero-order valence-electron chi connectivity index (χ0n) is 13.8. The first-order chi connectivity index (χ1) is 11.4. The lowest BCUT2D eigenvalue weighted by Gasteiger charge is -2.21. The Kier molecular flexibility index (Phi) is 6.75. The summed E-state index contributed by atoms with van der Waals surface area (Å²) in [6, 6.07) is 5.12. The van der Waals surface area contributed by atoms with Crippen LogP contribution in [0, 0.1) is 12.8 Å². The van der Waals surface area contributed by atoms with Crippen LogP contribution in [-0.4, -0.2) is 19.8 Å². The summed E-state index contributed by atoms with van der Waals surface area (Å²) in [5.74, 6) is 0.476. The molecule has 0 bridgehead atoms. The second kappa shape index (κ2) is 8.58. The van der Waals surface area contributed by atoms with E-state index < -0.39 is 6.61 Å². The number of rotatable bonds is 7. The molecular formula is C19H21BrF2O2. The summed E-state index contributed by atoms with van der Waals surface area (Å²) in [5, 5.41) is 0. The van der Waals surface area contributed by atoms with E-state index in [9.17, 15) is 8.78 Å². The number of hydrogen-bond donors (Lipinski definition) is 0. The lowest BCUT2D eigenvalue weighted by molar-refractivity contribution is -0.0502. The average Bonchev–Trinajstić information content (AvgIpc) is 2.53. The molecule has 0 spiro atoms. The Morgan fingerprint density at radius 3 is 2.79 bits per heavy atom.